The van der Waals surface area contributed by atoms with Gasteiger partial charge in [0, 0.05) is 43.2 Å². The Balaban J connectivity index is 1.49. The lowest BCUT2D eigenvalue weighted by Gasteiger charge is -2.45. The summed E-state index contributed by atoms with van der Waals surface area (Å²) in [5.74, 6) is 0.211. The van der Waals surface area contributed by atoms with Gasteiger partial charge in [0.05, 0.1) is 28.6 Å². The first-order chi connectivity index (χ1) is 18.4. The van der Waals surface area contributed by atoms with Gasteiger partial charge in [0.2, 0.25) is 0 Å². The molecule has 2 atom stereocenters. The molecule has 2 aliphatic heterocycles. The molecule has 0 radical (unpaired) electrons. The lowest BCUT2D eigenvalue weighted by molar-refractivity contribution is 0.00578. The molecule has 10 heteroatoms. The summed E-state index contributed by atoms with van der Waals surface area (Å²) < 4.78 is 19.1. The van der Waals surface area contributed by atoms with Gasteiger partial charge < -0.3 is 24.4 Å². The molecule has 0 spiro atoms. The number of pyridine rings is 2. The van der Waals surface area contributed by atoms with Gasteiger partial charge >= 0.3 is 7.12 Å². The van der Waals surface area contributed by atoms with Gasteiger partial charge in [-0.15, -0.1) is 0 Å². The average Bonchev–Trinajstić information content (AvgIpc) is 3.06. The molecule has 2 aromatic rings. The van der Waals surface area contributed by atoms with Crippen LogP contribution in [0.3, 0.4) is 0 Å². The summed E-state index contributed by atoms with van der Waals surface area (Å²) in [5, 5.41) is 0.179. The van der Waals surface area contributed by atoms with E-state index in [1.54, 1.807) is 24.5 Å². The first-order valence-corrected chi connectivity index (χ1v) is 17.3. The number of ketones is 1. The molecule has 2 aliphatic rings. The summed E-state index contributed by atoms with van der Waals surface area (Å²) in [6.45, 7) is 23.4. The third-order valence-electron chi connectivity index (χ3n) is 9.36. The first-order valence-electron chi connectivity index (χ1n) is 14.4. The summed E-state index contributed by atoms with van der Waals surface area (Å²) in [6.07, 6.45) is 4.92. The Kier molecular flexibility index (Phi) is 8.33. The highest BCUT2D eigenvalue weighted by Gasteiger charge is 2.52. The topological polar surface area (TPSA) is 99.8 Å². The standard InChI is InChI=1S/C30H47BN4O4Si/c1-20-19-35(16-14-25(20)37-40(9,10)28(2,3)4)23-13-15-33-18-21(23)17-24(36)27-22(32)11-12-26(34-27)31-38-29(5,6)30(7,8)39-31/h11-13,15,18,20,25H,14,16-17,19,32H2,1-10H3/t20-,25-/m1/s1. The normalized spacial score (nSPS) is 22.9. The van der Waals surface area contributed by atoms with Gasteiger partial charge in [-0.25, -0.2) is 0 Å². The molecule has 0 saturated carbocycles. The van der Waals surface area contributed by atoms with E-state index in [1.165, 1.54) is 0 Å². The smallest absolute Gasteiger partial charge is 0.414 e. The fourth-order valence-corrected chi connectivity index (χ4v) is 6.46. The molecule has 0 unspecified atom stereocenters. The fourth-order valence-electron chi connectivity index (χ4n) is 5.00. The number of hydrogen-bond acceptors (Lipinski definition) is 8. The molecule has 4 rings (SSSR count). The Labute approximate surface area is 241 Å². The van der Waals surface area contributed by atoms with Crippen molar-refractivity contribution in [3.63, 3.8) is 0 Å². The third-order valence-corrected chi connectivity index (χ3v) is 13.9. The Morgan fingerprint density at radius 3 is 2.42 bits per heavy atom. The molecule has 2 N–H and O–H groups in total. The number of nitrogen functional groups attached to an aromatic ring is 1. The number of carbonyl (C=O) groups is 1. The molecule has 8 nitrogen and oxygen atoms in total. The molecule has 2 aromatic heterocycles. The summed E-state index contributed by atoms with van der Waals surface area (Å²) in [4.78, 5) is 24.9. The van der Waals surface area contributed by atoms with Crippen LogP contribution in [0.15, 0.2) is 30.6 Å². The van der Waals surface area contributed by atoms with Crippen molar-refractivity contribution >= 4 is 38.2 Å². The zero-order valence-corrected chi connectivity index (χ0v) is 27.0. The predicted molar refractivity (Wildman–Crippen MR) is 165 cm³/mol. The van der Waals surface area contributed by atoms with E-state index in [1.807, 2.05) is 33.8 Å². The summed E-state index contributed by atoms with van der Waals surface area (Å²) >= 11 is 0. The molecular formula is C30H47BN4O4Si. The molecule has 0 amide bonds. The van der Waals surface area contributed by atoms with Crippen LogP contribution in [0, 0.1) is 5.92 Å². The summed E-state index contributed by atoms with van der Waals surface area (Å²) in [7, 11) is -2.52. The Morgan fingerprint density at radius 2 is 1.82 bits per heavy atom. The van der Waals surface area contributed by atoms with E-state index in [2.05, 4.69) is 55.7 Å². The van der Waals surface area contributed by atoms with Crippen LogP contribution < -0.4 is 16.2 Å². The van der Waals surface area contributed by atoms with Crippen molar-refractivity contribution in [2.45, 2.75) is 104 Å². The second-order valence-corrected chi connectivity index (χ2v) is 18.8. The van der Waals surface area contributed by atoms with Crippen molar-refractivity contribution < 1.29 is 18.5 Å². The minimum atomic E-state index is -1.85. The number of rotatable bonds is 7. The van der Waals surface area contributed by atoms with Crippen molar-refractivity contribution in [1.29, 1.82) is 0 Å². The quantitative estimate of drug-likeness (QED) is 0.369. The minimum Gasteiger partial charge on any atom is -0.414 e. The Bertz CT molecular complexity index is 1230. The molecule has 218 valence electrons. The highest BCUT2D eigenvalue weighted by atomic mass is 28.4. The zero-order chi connectivity index (χ0) is 29.7. The van der Waals surface area contributed by atoms with Gasteiger partial charge in [-0.3, -0.25) is 14.8 Å². The second-order valence-electron chi connectivity index (χ2n) is 14.0. The van der Waals surface area contributed by atoms with Crippen LogP contribution in [0.1, 0.15) is 77.9 Å². The fraction of sp³-hybridized carbons (Fsp3) is 0.633. The Hall–Kier alpha value is -2.27. The van der Waals surface area contributed by atoms with Gasteiger partial charge in [-0.05, 0) is 76.4 Å². The van der Waals surface area contributed by atoms with Crippen LogP contribution in [0.5, 0.6) is 0 Å². The van der Waals surface area contributed by atoms with Gasteiger partial charge in [0.15, 0.2) is 14.1 Å². The van der Waals surface area contributed by atoms with Crippen LogP contribution in [-0.2, 0) is 20.2 Å². The van der Waals surface area contributed by atoms with Crippen molar-refractivity contribution in [3.8, 4) is 0 Å². The number of anilines is 2. The average molecular weight is 567 g/mol. The molecule has 0 bridgehead atoms. The minimum absolute atomic E-state index is 0.155. The number of carbonyl (C=O) groups excluding carboxylic acids is 1. The van der Waals surface area contributed by atoms with Gasteiger partial charge in [-0.1, -0.05) is 27.7 Å². The maximum absolute atomic E-state index is 13.6. The first kappa shape index (κ1) is 30.7. The van der Waals surface area contributed by atoms with Gasteiger partial charge in [0.1, 0.15) is 5.69 Å². The van der Waals surface area contributed by atoms with Crippen molar-refractivity contribution in [2.75, 3.05) is 23.7 Å². The molecule has 0 aliphatic carbocycles. The number of aromatic nitrogens is 2. The predicted octanol–water partition coefficient (Wildman–Crippen LogP) is 5.02. The molecular weight excluding hydrogens is 519 g/mol. The third kappa shape index (κ3) is 6.15. The van der Waals surface area contributed by atoms with Crippen molar-refractivity contribution in [3.05, 3.63) is 41.9 Å². The van der Waals surface area contributed by atoms with E-state index < -0.39 is 26.6 Å². The number of piperidine rings is 1. The largest absolute Gasteiger partial charge is 0.514 e. The maximum atomic E-state index is 13.6. The van der Waals surface area contributed by atoms with Gasteiger partial charge in [0.25, 0.3) is 0 Å². The number of hydrogen-bond donors (Lipinski definition) is 1. The number of Topliss-reactive ketones (excluding diaryl/α,β-unsaturated/α-hetero) is 1. The van der Waals surface area contributed by atoms with Crippen LogP contribution in [0.4, 0.5) is 11.4 Å². The van der Waals surface area contributed by atoms with E-state index in [0.717, 1.165) is 30.8 Å². The molecule has 4 heterocycles. The molecule has 40 heavy (non-hydrogen) atoms. The van der Waals surface area contributed by atoms with Crippen molar-refractivity contribution in [1.82, 2.24) is 9.97 Å². The lowest BCUT2D eigenvalue weighted by atomic mass is 9.83. The van der Waals surface area contributed by atoms with E-state index in [9.17, 15) is 4.79 Å². The zero-order valence-electron chi connectivity index (χ0n) is 26.0. The van der Waals surface area contributed by atoms with Crippen LogP contribution >= 0.6 is 0 Å². The van der Waals surface area contributed by atoms with E-state index in [4.69, 9.17) is 19.5 Å². The summed E-state index contributed by atoms with van der Waals surface area (Å²) in [5.41, 5.74) is 8.25. The lowest BCUT2D eigenvalue weighted by Crippen LogP contribution is -2.50. The molecule has 0 aromatic carbocycles. The van der Waals surface area contributed by atoms with Crippen LogP contribution in [0.25, 0.3) is 0 Å². The van der Waals surface area contributed by atoms with Crippen LogP contribution in [0.2, 0.25) is 18.1 Å². The van der Waals surface area contributed by atoms with E-state index >= 15 is 0 Å². The summed E-state index contributed by atoms with van der Waals surface area (Å²) in [6, 6.07) is 5.47. The molecule has 2 fully saturated rings. The highest BCUT2D eigenvalue weighted by Crippen LogP contribution is 2.40. The molecule has 2 saturated heterocycles. The second kappa shape index (κ2) is 10.9. The Morgan fingerprint density at radius 1 is 1.18 bits per heavy atom. The number of nitrogens with zero attached hydrogens (tertiary/aromatic N) is 3. The van der Waals surface area contributed by atoms with Crippen molar-refractivity contribution in [2.24, 2.45) is 5.92 Å². The van der Waals surface area contributed by atoms with Gasteiger partial charge in [-0.2, -0.15) is 0 Å². The number of nitrogens with two attached hydrogens (primary N) is 1. The van der Waals surface area contributed by atoms with E-state index in [0.29, 0.717) is 17.2 Å². The van der Waals surface area contributed by atoms with E-state index in [-0.39, 0.29) is 29.0 Å². The van der Waals surface area contributed by atoms with Crippen LogP contribution in [-0.4, -0.2) is 61.6 Å². The monoisotopic (exact) mass is 566 g/mol. The SMILES string of the molecule is C[C@@H]1CN(c2ccncc2CC(=O)c2nc(B3OC(C)(C)C(C)(C)O3)ccc2N)CC[C@H]1O[Si](C)(C)C(C)(C)C. The maximum Gasteiger partial charge on any atom is 0.514 e. The highest BCUT2D eigenvalue weighted by molar-refractivity contribution is 6.74.